The van der Waals surface area contributed by atoms with Crippen LogP contribution in [0.5, 0.6) is 0 Å². The van der Waals surface area contributed by atoms with Gasteiger partial charge in [-0.3, -0.25) is 14.0 Å². The summed E-state index contributed by atoms with van der Waals surface area (Å²) in [5.74, 6) is -0.241. The molecule has 122 valence electrons. The Balaban J connectivity index is 1.95. The molecule has 0 spiro atoms. The molecule has 1 amide bonds. The third kappa shape index (κ3) is 2.86. The van der Waals surface area contributed by atoms with Crippen LogP contribution in [0.4, 0.5) is 0 Å². The van der Waals surface area contributed by atoms with E-state index in [9.17, 15) is 14.7 Å². The number of piperidine rings is 1. The van der Waals surface area contributed by atoms with Crippen molar-refractivity contribution in [1.29, 1.82) is 0 Å². The monoisotopic (exact) mass is 315 g/mol. The van der Waals surface area contributed by atoms with Crippen molar-refractivity contribution in [2.24, 2.45) is 5.92 Å². The topological polar surface area (TPSA) is 74.9 Å². The van der Waals surface area contributed by atoms with Crippen LogP contribution in [0.3, 0.4) is 0 Å². The van der Waals surface area contributed by atoms with Crippen LogP contribution >= 0.6 is 0 Å². The molecule has 1 fully saturated rings. The molecule has 0 aromatic carbocycles. The quantitative estimate of drug-likeness (QED) is 0.904. The largest absolute Gasteiger partial charge is 0.393 e. The second kappa shape index (κ2) is 6.12. The minimum atomic E-state index is -0.455. The van der Waals surface area contributed by atoms with Gasteiger partial charge >= 0.3 is 0 Å². The SMILES string of the molecule is Cc1cccn2c(=O)c(C(=O)N3CCCC(C(C)O)C3)cnc12. The van der Waals surface area contributed by atoms with Gasteiger partial charge in [0.1, 0.15) is 11.2 Å². The standard InChI is InChI=1S/C17H21N3O3/c1-11-5-3-8-20-15(11)18-9-14(17(20)23)16(22)19-7-4-6-13(10-19)12(2)21/h3,5,8-9,12-13,21H,4,6-7,10H2,1-2H3. The predicted octanol–water partition coefficient (Wildman–Crippen LogP) is 1.24. The number of aromatic nitrogens is 2. The molecule has 23 heavy (non-hydrogen) atoms. The van der Waals surface area contributed by atoms with Crippen molar-refractivity contribution in [3.05, 3.63) is 46.0 Å². The fourth-order valence-corrected chi connectivity index (χ4v) is 3.15. The van der Waals surface area contributed by atoms with Crippen molar-refractivity contribution in [3.8, 4) is 0 Å². The van der Waals surface area contributed by atoms with Gasteiger partial charge in [-0.25, -0.2) is 4.98 Å². The summed E-state index contributed by atoms with van der Waals surface area (Å²) in [5, 5.41) is 9.76. The molecule has 1 N–H and O–H groups in total. The minimum absolute atomic E-state index is 0.0612. The summed E-state index contributed by atoms with van der Waals surface area (Å²) in [7, 11) is 0. The molecule has 3 heterocycles. The van der Waals surface area contributed by atoms with Gasteiger partial charge < -0.3 is 10.0 Å². The first kappa shape index (κ1) is 15.7. The molecule has 6 nitrogen and oxygen atoms in total. The Morgan fingerprint density at radius 2 is 2.26 bits per heavy atom. The third-order valence-electron chi connectivity index (χ3n) is 4.59. The molecule has 6 heteroatoms. The lowest BCUT2D eigenvalue weighted by molar-refractivity contribution is 0.0464. The number of amides is 1. The van der Waals surface area contributed by atoms with E-state index in [2.05, 4.69) is 4.98 Å². The summed E-state index contributed by atoms with van der Waals surface area (Å²) in [6.45, 7) is 4.71. The number of likely N-dealkylation sites (tertiary alicyclic amines) is 1. The lowest BCUT2D eigenvalue weighted by Crippen LogP contribution is -2.44. The Morgan fingerprint density at radius 1 is 1.48 bits per heavy atom. The molecule has 0 saturated carbocycles. The molecule has 2 atom stereocenters. The number of hydrogen-bond donors (Lipinski definition) is 1. The zero-order chi connectivity index (χ0) is 16.6. The molecule has 0 radical (unpaired) electrons. The zero-order valence-electron chi connectivity index (χ0n) is 13.4. The third-order valence-corrected chi connectivity index (χ3v) is 4.59. The number of pyridine rings is 1. The zero-order valence-corrected chi connectivity index (χ0v) is 13.4. The van der Waals surface area contributed by atoms with Crippen LogP contribution < -0.4 is 5.56 Å². The van der Waals surface area contributed by atoms with Gasteiger partial charge in [-0.15, -0.1) is 0 Å². The van der Waals surface area contributed by atoms with E-state index in [-0.39, 0.29) is 22.9 Å². The Labute approximate surface area is 134 Å². The van der Waals surface area contributed by atoms with Crippen molar-refractivity contribution in [3.63, 3.8) is 0 Å². The number of aliphatic hydroxyl groups excluding tert-OH is 1. The van der Waals surface area contributed by atoms with Gasteiger partial charge in [-0.2, -0.15) is 0 Å². The van der Waals surface area contributed by atoms with Crippen LogP contribution in [-0.4, -0.2) is 44.5 Å². The summed E-state index contributed by atoms with van der Waals surface area (Å²) in [4.78, 5) is 31.2. The number of hydrogen-bond acceptors (Lipinski definition) is 4. The van der Waals surface area contributed by atoms with Crippen LogP contribution in [0.25, 0.3) is 5.65 Å². The summed E-state index contributed by atoms with van der Waals surface area (Å²) in [6, 6.07) is 3.64. The van der Waals surface area contributed by atoms with E-state index in [1.54, 1.807) is 24.1 Å². The average molecular weight is 315 g/mol. The normalized spacial score (nSPS) is 19.8. The maximum atomic E-state index is 12.7. The number of nitrogens with zero attached hydrogens (tertiary/aromatic N) is 3. The number of carbonyl (C=O) groups is 1. The Hall–Kier alpha value is -2.21. The maximum absolute atomic E-state index is 12.7. The van der Waals surface area contributed by atoms with E-state index in [0.29, 0.717) is 18.7 Å². The summed E-state index contributed by atoms with van der Waals surface area (Å²) in [5.41, 5.74) is 1.19. The first-order valence-electron chi connectivity index (χ1n) is 7.93. The fourth-order valence-electron chi connectivity index (χ4n) is 3.15. The first-order chi connectivity index (χ1) is 11.0. The van der Waals surface area contributed by atoms with Crippen molar-refractivity contribution >= 4 is 11.6 Å². The summed E-state index contributed by atoms with van der Waals surface area (Å²) < 4.78 is 1.42. The van der Waals surface area contributed by atoms with E-state index >= 15 is 0 Å². The molecule has 1 saturated heterocycles. The number of aryl methyl sites for hydroxylation is 1. The smallest absolute Gasteiger partial charge is 0.270 e. The van der Waals surface area contributed by atoms with Gasteiger partial charge in [0.25, 0.3) is 11.5 Å². The van der Waals surface area contributed by atoms with Gasteiger partial charge in [-0.05, 0) is 38.3 Å². The highest BCUT2D eigenvalue weighted by Crippen LogP contribution is 2.20. The van der Waals surface area contributed by atoms with Gasteiger partial charge in [0.2, 0.25) is 0 Å². The summed E-state index contributed by atoms with van der Waals surface area (Å²) in [6.07, 6.45) is 4.28. The van der Waals surface area contributed by atoms with Crippen LogP contribution in [-0.2, 0) is 0 Å². The molecule has 2 unspecified atom stereocenters. The molecule has 2 aromatic rings. The second-order valence-corrected chi connectivity index (χ2v) is 6.26. The molecular weight excluding hydrogens is 294 g/mol. The van der Waals surface area contributed by atoms with Gasteiger partial charge in [0.15, 0.2) is 0 Å². The highest BCUT2D eigenvalue weighted by molar-refractivity contribution is 5.93. The number of carbonyl (C=O) groups excluding carboxylic acids is 1. The van der Waals surface area contributed by atoms with Gasteiger partial charge in [0, 0.05) is 31.4 Å². The van der Waals surface area contributed by atoms with Gasteiger partial charge in [-0.1, -0.05) is 6.07 Å². The average Bonchev–Trinajstić information content (AvgIpc) is 2.55. The van der Waals surface area contributed by atoms with E-state index in [4.69, 9.17) is 0 Å². The van der Waals surface area contributed by atoms with Crippen molar-refractivity contribution < 1.29 is 9.90 Å². The highest BCUT2D eigenvalue weighted by Gasteiger charge is 2.28. The highest BCUT2D eigenvalue weighted by atomic mass is 16.3. The van der Waals surface area contributed by atoms with E-state index in [0.717, 1.165) is 18.4 Å². The van der Waals surface area contributed by atoms with Crippen LogP contribution in [0, 0.1) is 12.8 Å². The molecule has 2 aromatic heterocycles. The fraction of sp³-hybridized carbons (Fsp3) is 0.471. The van der Waals surface area contributed by atoms with E-state index < -0.39 is 6.10 Å². The molecule has 1 aliphatic rings. The number of aliphatic hydroxyl groups is 1. The lowest BCUT2D eigenvalue weighted by atomic mass is 9.93. The van der Waals surface area contributed by atoms with Crippen molar-refractivity contribution in [2.75, 3.05) is 13.1 Å². The second-order valence-electron chi connectivity index (χ2n) is 6.26. The molecule has 0 aliphatic carbocycles. The molecule has 0 bridgehead atoms. The Morgan fingerprint density at radius 3 is 3.00 bits per heavy atom. The minimum Gasteiger partial charge on any atom is -0.393 e. The molecular formula is C17H21N3O3. The first-order valence-corrected chi connectivity index (χ1v) is 7.93. The Bertz CT molecular complexity index is 797. The number of fused-ring (bicyclic) bond motifs is 1. The van der Waals surface area contributed by atoms with Crippen molar-refractivity contribution in [2.45, 2.75) is 32.8 Å². The van der Waals surface area contributed by atoms with Crippen LogP contribution in [0.15, 0.2) is 29.3 Å². The molecule has 3 rings (SSSR count). The van der Waals surface area contributed by atoms with Crippen molar-refractivity contribution in [1.82, 2.24) is 14.3 Å². The summed E-state index contributed by atoms with van der Waals surface area (Å²) >= 11 is 0. The van der Waals surface area contributed by atoms with Crippen LogP contribution in [0.1, 0.15) is 35.7 Å². The predicted molar refractivity (Wildman–Crippen MR) is 86.5 cm³/mol. The van der Waals surface area contributed by atoms with E-state index in [1.807, 2.05) is 13.0 Å². The van der Waals surface area contributed by atoms with Gasteiger partial charge in [0.05, 0.1) is 6.10 Å². The number of rotatable bonds is 2. The van der Waals surface area contributed by atoms with Crippen LogP contribution in [0.2, 0.25) is 0 Å². The Kier molecular flexibility index (Phi) is 4.17. The maximum Gasteiger partial charge on any atom is 0.270 e. The lowest BCUT2D eigenvalue weighted by Gasteiger charge is -2.34. The molecule has 1 aliphatic heterocycles. The van der Waals surface area contributed by atoms with E-state index in [1.165, 1.54) is 10.6 Å².